The average Bonchev–Trinajstić information content (AvgIpc) is 3.61. The summed E-state index contributed by atoms with van der Waals surface area (Å²) >= 11 is 0. The van der Waals surface area contributed by atoms with Crippen LogP contribution < -0.4 is 0 Å². The molecule has 0 amide bonds. The SMILES string of the molecule is CC(=O)OC[C@H]1O[C@@H](OCc2cn(-c3ccc(C4(C(F)(F)F)N=N4)cc3)nn2)[C@H](OC(C)=O)[C@@H](OC(C)=O)[C@H]1OC(C)=O. The fourth-order valence-corrected chi connectivity index (χ4v) is 4.27. The second kappa shape index (κ2) is 12.4. The Morgan fingerprint density at radius 2 is 1.47 bits per heavy atom. The van der Waals surface area contributed by atoms with E-state index in [9.17, 15) is 32.3 Å². The molecule has 2 aliphatic rings. The first-order chi connectivity index (χ1) is 20.2. The molecule has 15 nitrogen and oxygen atoms in total. The molecule has 1 aromatic carbocycles. The van der Waals surface area contributed by atoms with Crippen LogP contribution in [0.5, 0.6) is 0 Å². The fraction of sp³-hybridized carbons (Fsp3) is 0.520. The zero-order valence-electron chi connectivity index (χ0n) is 23.1. The zero-order valence-corrected chi connectivity index (χ0v) is 23.1. The van der Waals surface area contributed by atoms with Gasteiger partial charge >= 0.3 is 35.7 Å². The monoisotopic (exact) mass is 613 g/mol. The highest BCUT2D eigenvalue weighted by molar-refractivity contribution is 5.68. The number of rotatable bonds is 10. The molecule has 1 fully saturated rings. The topological polar surface area (TPSA) is 179 Å². The summed E-state index contributed by atoms with van der Waals surface area (Å²) in [5.74, 6) is -3.05. The number of carbonyl (C=O) groups excluding carboxylic acids is 4. The average molecular weight is 614 g/mol. The maximum atomic E-state index is 13.3. The van der Waals surface area contributed by atoms with Gasteiger partial charge in [0, 0.05) is 33.3 Å². The molecule has 43 heavy (non-hydrogen) atoms. The highest BCUT2D eigenvalue weighted by Gasteiger charge is 2.65. The quantitative estimate of drug-likeness (QED) is 0.282. The Morgan fingerprint density at radius 1 is 0.884 bits per heavy atom. The van der Waals surface area contributed by atoms with Gasteiger partial charge in [-0.3, -0.25) is 19.2 Å². The maximum absolute atomic E-state index is 13.3. The lowest BCUT2D eigenvalue weighted by Gasteiger charge is -2.43. The Kier molecular flexibility index (Phi) is 9.09. The van der Waals surface area contributed by atoms with Crippen molar-refractivity contribution < 1.29 is 60.8 Å². The molecular weight excluding hydrogens is 587 g/mol. The first-order valence-corrected chi connectivity index (χ1v) is 12.6. The van der Waals surface area contributed by atoms with E-state index < -0.39 is 73.0 Å². The first kappa shape index (κ1) is 31.5. The van der Waals surface area contributed by atoms with Gasteiger partial charge < -0.3 is 28.4 Å². The van der Waals surface area contributed by atoms with Crippen LogP contribution in [0.4, 0.5) is 13.2 Å². The number of ether oxygens (including phenoxy) is 6. The van der Waals surface area contributed by atoms with Gasteiger partial charge in [-0.15, -0.1) is 15.3 Å². The highest BCUT2D eigenvalue weighted by atomic mass is 19.4. The van der Waals surface area contributed by atoms with Crippen molar-refractivity contribution in [3.8, 4) is 5.69 Å². The van der Waals surface area contributed by atoms with Crippen molar-refractivity contribution in [1.29, 1.82) is 0 Å². The van der Waals surface area contributed by atoms with Crippen molar-refractivity contribution in [2.45, 2.75) is 76.8 Å². The minimum absolute atomic E-state index is 0.156. The molecule has 0 unspecified atom stereocenters. The molecule has 0 N–H and O–H groups in total. The van der Waals surface area contributed by atoms with Crippen LogP contribution in [0.15, 0.2) is 40.7 Å². The summed E-state index contributed by atoms with van der Waals surface area (Å²) in [6.45, 7) is 3.68. The van der Waals surface area contributed by atoms with E-state index in [0.29, 0.717) is 5.69 Å². The molecule has 0 spiro atoms. The van der Waals surface area contributed by atoms with Crippen LogP contribution in [0.2, 0.25) is 0 Å². The Bertz CT molecular complexity index is 1390. The Labute approximate surface area is 241 Å². The van der Waals surface area contributed by atoms with Gasteiger partial charge in [-0.25, -0.2) is 4.68 Å². The zero-order chi connectivity index (χ0) is 31.5. The maximum Gasteiger partial charge on any atom is 0.442 e. The molecule has 3 heterocycles. The predicted octanol–water partition coefficient (Wildman–Crippen LogP) is 2.05. The van der Waals surface area contributed by atoms with Gasteiger partial charge in [0.25, 0.3) is 0 Å². The molecule has 2 aliphatic heterocycles. The standard InChI is InChI=1S/C25H26F3N5O10/c1-12(34)38-11-19-20(40-13(2)35)21(41-14(3)36)22(42-15(4)37)23(43-19)39-10-17-9-33(32-29-17)18-7-5-16(6-8-18)24(30-31-24)25(26,27)28/h5-9,19-23H,10-11H2,1-4H3/t19-,20+,21+,22-,23-/m1/s1. The molecule has 18 heteroatoms. The summed E-state index contributed by atoms with van der Waals surface area (Å²) in [6.07, 6.45) is -10.1. The van der Waals surface area contributed by atoms with Gasteiger partial charge in [-0.2, -0.15) is 13.2 Å². The van der Waals surface area contributed by atoms with Crippen molar-refractivity contribution in [3.05, 3.63) is 41.7 Å². The van der Waals surface area contributed by atoms with Crippen LogP contribution in [0, 0.1) is 0 Å². The molecule has 2 aromatic rings. The molecular formula is C25H26F3N5O10. The van der Waals surface area contributed by atoms with Crippen LogP contribution in [-0.2, 0) is 59.9 Å². The first-order valence-electron chi connectivity index (χ1n) is 12.6. The smallest absolute Gasteiger partial charge is 0.442 e. The number of hydrogen-bond acceptors (Lipinski definition) is 14. The van der Waals surface area contributed by atoms with E-state index in [1.54, 1.807) is 0 Å². The van der Waals surface area contributed by atoms with E-state index in [-0.39, 0.29) is 17.9 Å². The number of aromatic nitrogens is 3. The summed E-state index contributed by atoms with van der Waals surface area (Å²) in [7, 11) is 0. The van der Waals surface area contributed by atoms with E-state index in [4.69, 9.17) is 28.4 Å². The third-order valence-electron chi connectivity index (χ3n) is 6.11. The van der Waals surface area contributed by atoms with E-state index in [2.05, 4.69) is 20.5 Å². The fourth-order valence-electron chi connectivity index (χ4n) is 4.27. The molecule has 0 saturated carbocycles. The molecule has 0 radical (unpaired) electrons. The third kappa shape index (κ3) is 7.31. The molecule has 0 bridgehead atoms. The predicted molar refractivity (Wildman–Crippen MR) is 131 cm³/mol. The third-order valence-corrected chi connectivity index (χ3v) is 6.11. The number of hydrogen-bond donors (Lipinski definition) is 0. The number of nitrogens with zero attached hydrogens (tertiary/aromatic N) is 5. The summed E-state index contributed by atoms with van der Waals surface area (Å²) in [5, 5.41) is 14.3. The molecule has 5 atom stereocenters. The van der Waals surface area contributed by atoms with Gasteiger partial charge in [0.05, 0.1) is 18.5 Å². The molecule has 4 rings (SSSR count). The summed E-state index contributed by atoms with van der Waals surface area (Å²) < 4.78 is 73.8. The number of carbonyl (C=O) groups is 4. The number of benzene rings is 1. The summed E-state index contributed by atoms with van der Waals surface area (Å²) in [5.41, 5.74) is -2.13. The van der Waals surface area contributed by atoms with Crippen molar-refractivity contribution in [2.75, 3.05) is 6.61 Å². The second-order valence-corrected chi connectivity index (χ2v) is 9.45. The number of esters is 4. The second-order valence-electron chi connectivity index (χ2n) is 9.45. The van der Waals surface area contributed by atoms with Crippen molar-refractivity contribution >= 4 is 23.9 Å². The van der Waals surface area contributed by atoms with Gasteiger partial charge in [0.15, 0.2) is 24.6 Å². The lowest BCUT2D eigenvalue weighted by atomic mass is 9.98. The molecule has 0 aliphatic carbocycles. The van der Waals surface area contributed by atoms with Crippen LogP contribution >= 0.6 is 0 Å². The Hall–Kier alpha value is -4.45. The lowest BCUT2D eigenvalue weighted by molar-refractivity contribution is -0.310. The Morgan fingerprint density at radius 3 is 2.00 bits per heavy atom. The van der Waals surface area contributed by atoms with E-state index >= 15 is 0 Å². The van der Waals surface area contributed by atoms with Gasteiger partial charge in [0.2, 0.25) is 0 Å². The van der Waals surface area contributed by atoms with E-state index in [0.717, 1.165) is 27.7 Å². The van der Waals surface area contributed by atoms with Crippen LogP contribution in [-0.4, -0.2) is 82.4 Å². The minimum atomic E-state index is -4.67. The largest absolute Gasteiger partial charge is 0.463 e. The minimum Gasteiger partial charge on any atom is -0.463 e. The molecule has 232 valence electrons. The number of alkyl halides is 3. The normalized spacial score (nSPS) is 24.1. The van der Waals surface area contributed by atoms with Crippen LogP contribution in [0.25, 0.3) is 5.69 Å². The van der Waals surface area contributed by atoms with Crippen molar-refractivity contribution in [1.82, 2.24) is 15.0 Å². The van der Waals surface area contributed by atoms with Crippen LogP contribution in [0.3, 0.4) is 0 Å². The molecule has 1 aromatic heterocycles. The van der Waals surface area contributed by atoms with Gasteiger partial charge in [0.1, 0.15) is 18.4 Å². The summed E-state index contributed by atoms with van der Waals surface area (Å²) in [4.78, 5) is 47.2. The lowest BCUT2D eigenvalue weighted by Crippen LogP contribution is -2.62. The Balaban J connectivity index is 1.52. The van der Waals surface area contributed by atoms with Crippen molar-refractivity contribution in [3.63, 3.8) is 0 Å². The van der Waals surface area contributed by atoms with Crippen molar-refractivity contribution in [2.24, 2.45) is 10.2 Å². The number of halogens is 3. The van der Waals surface area contributed by atoms with E-state index in [1.165, 1.54) is 35.1 Å². The summed E-state index contributed by atoms with van der Waals surface area (Å²) in [6, 6.07) is 5.20. The van der Waals surface area contributed by atoms with E-state index in [1.807, 2.05) is 0 Å². The molecule has 1 saturated heterocycles. The van der Waals surface area contributed by atoms with Gasteiger partial charge in [-0.05, 0) is 12.1 Å². The van der Waals surface area contributed by atoms with Gasteiger partial charge in [-0.1, -0.05) is 17.3 Å². The highest BCUT2D eigenvalue weighted by Crippen LogP contribution is 2.52. The van der Waals surface area contributed by atoms with Crippen LogP contribution in [0.1, 0.15) is 39.0 Å².